The maximum atomic E-state index is 13.8. The van der Waals surface area contributed by atoms with E-state index in [4.69, 9.17) is 5.73 Å². The Labute approximate surface area is 230 Å². The van der Waals surface area contributed by atoms with Crippen molar-refractivity contribution in [2.45, 2.75) is 13.1 Å². The molecule has 3 N–H and O–H groups in total. The number of nitrogens with one attached hydrogen (secondary N) is 1. The third-order valence-electron chi connectivity index (χ3n) is 6.36. The predicted molar refractivity (Wildman–Crippen MR) is 144 cm³/mol. The number of anilines is 1. The Morgan fingerprint density at radius 3 is 2.58 bits per heavy atom. The van der Waals surface area contributed by atoms with Crippen molar-refractivity contribution in [3.8, 4) is 21.7 Å². The zero-order valence-electron chi connectivity index (χ0n) is 20.6. The number of amides is 2. The van der Waals surface area contributed by atoms with Crippen LogP contribution in [0.5, 0.6) is 0 Å². The summed E-state index contributed by atoms with van der Waals surface area (Å²) in [5, 5.41) is 13.2. The maximum Gasteiger partial charge on any atom is 0.433 e. The summed E-state index contributed by atoms with van der Waals surface area (Å²) >= 11 is 2.16. The molecule has 0 fully saturated rings. The first-order valence-electron chi connectivity index (χ1n) is 11.6. The van der Waals surface area contributed by atoms with Gasteiger partial charge in [0.15, 0.2) is 5.65 Å². The fourth-order valence-electron chi connectivity index (χ4n) is 4.36. The van der Waals surface area contributed by atoms with E-state index in [0.717, 1.165) is 16.6 Å². The summed E-state index contributed by atoms with van der Waals surface area (Å²) in [5.41, 5.74) is 6.51. The Kier molecular flexibility index (Phi) is 5.92. The summed E-state index contributed by atoms with van der Waals surface area (Å²) in [5.74, 6) is -1.61. The van der Waals surface area contributed by atoms with Gasteiger partial charge in [0.25, 0.3) is 11.8 Å². The third-order valence-corrected chi connectivity index (χ3v) is 8.35. The highest BCUT2D eigenvalue weighted by molar-refractivity contribution is 7.21. The highest BCUT2D eigenvalue weighted by Gasteiger charge is 2.35. The van der Waals surface area contributed by atoms with E-state index in [1.54, 1.807) is 26.2 Å². The van der Waals surface area contributed by atoms with Crippen LogP contribution in [0, 0.1) is 6.92 Å². The summed E-state index contributed by atoms with van der Waals surface area (Å²) < 4.78 is 44.4. The molecule has 0 spiro atoms. The molecule has 0 aliphatic carbocycles. The Morgan fingerprint density at radius 2 is 1.93 bits per heavy atom. The second-order valence-electron chi connectivity index (χ2n) is 8.73. The first-order valence-corrected chi connectivity index (χ1v) is 13.3. The monoisotopic (exact) mass is 582 g/mol. The largest absolute Gasteiger partial charge is 0.433 e. The zero-order chi connectivity index (χ0) is 28.3. The predicted octanol–water partition coefficient (Wildman–Crippen LogP) is 5.15. The van der Waals surface area contributed by atoms with Gasteiger partial charge in [-0.3, -0.25) is 14.3 Å². The minimum Gasteiger partial charge on any atom is -0.365 e. The second kappa shape index (κ2) is 9.24. The normalized spacial score (nSPS) is 11.9. The van der Waals surface area contributed by atoms with Gasteiger partial charge in [0.05, 0.1) is 28.7 Å². The van der Waals surface area contributed by atoms with Crippen molar-refractivity contribution >= 4 is 56.0 Å². The minimum absolute atomic E-state index is 0.0502. The van der Waals surface area contributed by atoms with Crippen molar-refractivity contribution in [3.05, 3.63) is 70.1 Å². The van der Waals surface area contributed by atoms with Gasteiger partial charge in [-0.25, -0.2) is 14.5 Å². The van der Waals surface area contributed by atoms with Crippen molar-refractivity contribution in [2.75, 3.05) is 5.32 Å². The molecule has 0 unspecified atom stereocenters. The molecule has 0 atom stereocenters. The average molecular weight is 583 g/mol. The van der Waals surface area contributed by atoms with E-state index in [9.17, 15) is 22.8 Å². The van der Waals surface area contributed by atoms with Gasteiger partial charge in [-0.1, -0.05) is 6.07 Å². The number of thiophene rings is 2. The molecular formula is C25H17F3N8O2S2. The molecule has 2 amide bonds. The lowest BCUT2D eigenvalue weighted by Crippen LogP contribution is -2.17. The highest BCUT2D eigenvalue weighted by atomic mass is 32.1. The average Bonchev–Trinajstić information content (AvgIpc) is 3.70. The van der Waals surface area contributed by atoms with Crippen LogP contribution in [0.3, 0.4) is 0 Å². The van der Waals surface area contributed by atoms with E-state index in [1.807, 2.05) is 17.5 Å². The van der Waals surface area contributed by atoms with Gasteiger partial charge >= 0.3 is 6.18 Å². The lowest BCUT2D eigenvalue weighted by molar-refractivity contribution is -0.140. The number of hydrogen-bond donors (Lipinski definition) is 2. The van der Waals surface area contributed by atoms with E-state index in [-0.39, 0.29) is 37.6 Å². The van der Waals surface area contributed by atoms with Gasteiger partial charge in [-0.2, -0.15) is 23.4 Å². The molecule has 0 aliphatic heterocycles. The molecule has 0 radical (unpaired) electrons. The third kappa shape index (κ3) is 4.10. The van der Waals surface area contributed by atoms with Crippen molar-refractivity contribution < 1.29 is 22.8 Å². The number of fused-ring (bicyclic) bond motifs is 2. The number of nitrogens with two attached hydrogens (primary N) is 1. The number of carbonyl (C=O) groups excluding carboxylic acids is 2. The van der Waals surface area contributed by atoms with Crippen LogP contribution in [-0.4, -0.2) is 41.2 Å². The number of nitrogens with zero attached hydrogens (tertiary/aromatic N) is 6. The number of primary amides is 1. The zero-order valence-corrected chi connectivity index (χ0v) is 22.3. The Balaban J connectivity index is 1.54. The molecule has 202 valence electrons. The fraction of sp³-hybridized carbons (Fsp3) is 0.120. The number of rotatable bonds is 5. The summed E-state index contributed by atoms with van der Waals surface area (Å²) in [6.07, 6.45) is -0.468. The molecule has 6 heterocycles. The van der Waals surface area contributed by atoms with Gasteiger partial charge in [0.2, 0.25) is 0 Å². The number of pyridine rings is 1. The van der Waals surface area contributed by atoms with Gasteiger partial charge in [-0.15, -0.1) is 22.7 Å². The van der Waals surface area contributed by atoms with Gasteiger partial charge in [0, 0.05) is 29.9 Å². The number of aromatic nitrogens is 6. The molecule has 6 rings (SSSR count). The summed E-state index contributed by atoms with van der Waals surface area (Å²) in [7, 11) is 1.65. The number of carbonyl (C=O) groups is 2. The molecule has 0 saturated heterocycles. The fourth-order valence-corrected chi connectivity index (χ4v) is 6.10. The van der Waals surface area contributed by atoms with E-state index >= 15 is 0 Å². The number of halogens is 3. The first kappa shape index (κ1) is 25.6. The van der Waals surface area contributed by atoms with Crippen LogP contribution in [0.4, 0.5) is 18.9 Å². The number of alkyl halides is 3. The standard InChI is InChI=1S/C25H17F3N8O2S2/c1-11-13(9-31-35(11)2)12-8-17(25(26,27)28)33-24-18(12)19(20(40-24)21(29)37)34-23(38)14-10-32-36-15(5-6-30-22(14)36)16-4-3-7-39-16/h3-10H,1-2H3,(H2,29,37)(H,34,38). The minimum atomic E-state index is -4.76. The molecule has 6 aromatic heterocycles. The number of hydrogen-bond acceptors (Lipinski definition) is 8. The lowest BCUT2D eigenvalue weighted by Gasteiger charge is -2.12. The van der Waals surface area contributed by atoms with Crippen molar-refractivity contribution in [2.24, 2.45) is 12.8 Å². The molecule has 0 saturated carbocycles. The van der Waals surface area contributed by atoms with Crippen LogP contribution < -0.4 is 11.1 Å². The maximum absolute atomic E-state index is 13.8. The van der Waals surface area contributed by atoms with E-state index in [2.05, 4.69) is 25.5 Å². The van der Waals surface area contributed by atoms with Crippen molar-refractivity contribution in [1.29, 1.82) is 0 Å². The van der Waals surface area contributed by atoms with Crippen LogP contribution in [0.2, 0.25) is 0 Å². The summed E-state index contributed by atoms with van der Waals surface area (Å²) in [6, 6.07) is 6.43. The van der Waals surface area contributed by atoms with E-state index in [1.165, 1.54) is 32.9 Å². The molecular weight excluding hydrogens is 565 g/mol. The molecule has 40 heavy (non-hydrogen) atoms. The molecule has 6 aromatic rings. The molecule has 0 aromatic carbocycles. The van der Waals surface area contributed by atoms with Crippen LogP contribution in [-0.2, 0) is 13.2 Å². The van der Waals surface area contributed by atoms with Crippen LogP contribution in [0.25, 0.3) is 37.6 Å². The molecule has 0 aliphatic rings. The van der Waals surface area contributed by atoms with E-state index < -0.39 is 23.7 Å². The number of aryl methyl sites for hydroxylation is 1. The van der Waals surface area contributed by atoms with Crippen LogP contribution in [0.15, 0.2) is 48.2 Å². The smallest absolute Gasteiger partial charge is 0.365 e. The summed E-state index contributed by atoms with van der Waals surface area (Å²) in [6.45, 7) is 1.69. The Bertz CT molecular complexity index is 1950. The molecule has 0 bridgehead atoms. The van der Waals surface area contributed by atoms with Gasteiger partial charge in [0.1, 0.15) is 21.0 Å². The Hall–Kier alpha value is -4.63. The topological polar surface area (TPSA) is 133 Å². The van der Waals surface area contributed by atoms with Gasteiger partial charge < -0.3 is 11.1 Å². The molecule has 10 nitrogen and oxygen atoms in total. The Morgan fingerprint density at radius 1 is 1.12 bits per heavy atom. The van der Waals surface area contributed by atoms with Crippen molar-refractivity contribution in [1.82, 2.24) is 29.4 Å². The van der Waals surface area contributed by atoms with Crippen LogP contribution >= 0.6 is 22.7 Å². The quantitative estimate of drug-likeness (QED) is 0.289. The van der Waals surface area contributed by atoms with Crippen LogP contribution in [0.1, 0.15) is 31.4 Å². The second-order valence-corrected chi connectivity index (χ2v) is 10.7. The van der Waals surface area contributed by atoms with Gasteiger partial charge in [-0.05, 0) is 36.1 Å². The lowest BCUT2D eigenvalue weighted by atomic mass is 10.0. The molecule has 15 heteroatoms. The van der Waals surface area contributed by atoms with E-state index in [0.29, 0.717) is 22.6 Å². The first-order chi connectivity index (χ1) is 19.0. The SMILES string of the molecule is Cc1c(-c2cc(C(F)(F)F)nc3sc(C(N)=O)c(NC(=O)c4cnn5c(-c6cccs6)ccnc45)c23)cnn1C. The summed E-state index contributed by atoms with van der Waals surface area (Å²) in [4.78, 5) is 34.7. The highest BCUT2D eigenvalue weighted by Crippen LogP contribution is 2.44. The van der Waals surface area contributed by atoms with Crippen molar-refractivity contribution in [3.63, 3.8) is 0 Å².